The van der Waals surface area contributed by atoms with Gasteiger partial charge in [-0.1, -0.05) is 35.3 Å². The fraction of sp³-hybridized carbons (Fsp3) is 0.391. The fourth-order valence-corrected chi connectivity index (χ4v) is 3.82. The molecule has 31 heavy (non-hydrogen) atoms. The van der Waals surface area contributed by atoms with Crippen LogP contribution in [0.25, 0.3) is 0 Å². The highest BCUT2D eigenvalue weighted by molar-refractivity contribution is 6.31. The standard InChI is InChI=1S/C23H26Cl2N2O4/c1-16(30-20-8-3-6-18(24)14-20)22(28)26-10-5-11-27(13-12-26)23(29)17(2)31-21-9-4-7-19(25)15-21/h3-4,6-9,14-17H,5,10-13H2,1-2H3/t16-,17-/m0/s1. The van der Waals surface area contributed by atoms with Crippen molar-refractivity contribution < 1.29 is 19.1 Å². The molecule has 2 aromatic rings. The zero-order valence-corrected chi connectivity index (χ0v) is 19.1. The zero-order chi connectivity index (χ0) is 22.4. The maximum atomic E-state index is 12.9. The summed E-state index contributed by atoms with van der Waals surface area (Å²) in [4.78, 5) is 29.2. The molecule has 0 unspecified atom stereocenters. The molecule has 3 rings (SSSR count). The molecular formula is C23H26Cl2N2O4. The lowest BCUT2D eigenvalue weighted by atomic mass is 10.3. The molecule has 0 bridgehead atoms. The first-order valence-electron chi connectivity index (χ1n) is 10.3. The van der Waals surface area contributed by atoms with Crippen LogP contribution in [0.15, 0.2) is 48.5 Å². The van der Waals surface area contributed by atoms with Crippen molar-refractivity contribution >= 4 is 35.0 Å². The molecule has 1 fully saturated rings. The minimum Gasteiger partial charge on any atom is -0.481 e. The highest BCUT2D eigenvalue weighted by Gasteiger charge is 2.28. The third-order valence-corrected chi connectivity index (χ3v) is 5.50. The SMILES string of the molecule is C[C@H](Oc1cccc(Cl)c1)C(=O)N1CCCN(C(=O)[C@H](C)Oc2cccc(Cl)c2)CC1. The molecule has 0 saturated carbocycles. The van der Waals surface area contributed by atoms with Crippen molar-refractivity contribution in [2.75, 3.05) is 26.2 Å². The molecule has 166 valence electrons. The maximum Gasteiger partial charge on any atom is 0.263 e. The Kier molecular flexibility index (Phi) is 8.04. The van der Waals surface area contributed by atoms with E-state index in [1.54, 1.807) is 72.2 Å². The quantitative estimate of drug-likeness (QED) is 0.639. The number of halogens is 2. The van der Waals surface area contributed by atoms with E-state index in [-0.39, 0.29) is 11.8 Å². The number of amides is 2. The van der Waals surface area contributed by atoms with Gasteiger partial charge in [-0.2, -0.15) is 0 Å². The van der Waals surface area contributed by atoms with E-state index in [2.05, 4.69) is 0 Å². The van der Waals surface area contributed by atoms with Gasteiger partial charge in [0, 0.05) is 36.2 Å². The smallest absolute Gasteiger partial charge is 0.263 e. The molecule has 8 heteroatoms. The second-order valence-corrected chi connectivity index (χ2v) is 8.31. The van der Waals surface area contributed by atoms with Crippen LogP contribution >= 0.6 is 23.2 Å². The third-order valence-electron chi connectivity index (χ3n) is 5.03. The van der Waals surface area contributed by atoms with E-state index in [4.69, 9.17) is 32.7 Å². The summed E-state index contributed by atoms with van der Waals surface area (Å²) < 4.78 is 11.5. The lowest BCUT2D eigenvalue weighted by Gasteiger charge is -2.26. The normalized spacial score (nSPS) is 16.3. The largest absolute Gasteiger partial charge is 0.481 e. The molecular weight excluding hydrogens is 439 g/mol. The van der Waals surface area contributed by atoms with Gasteiger partial charge in [0.1, 0.15) is 11.5 Å². The summed E-state index contributed by atoms with van der Waals surface area (Å²) in [5, 5.41) is 1.10. The van der Waals surface area contributed by atoms with Crippen molar-refractivity contribution in [2.45, 2.75) is 32.5 Å². The summed E-state index contributed by atoms with van der Waals surface area (Å²) >= 11 is 12.0. The summed E-state index contributed by atoms with van der Waals surface area (Å²) in [5.74, 6) is 0.869. The Morgan fingerprint density at radius 2 is 1.19 bits per heavy atom. The van der Waals surface area contributed by atoms with Crippen molar-refractivity contribution in [1.82, 2.24) is 9.80 Å². The second kappa shape index (κ2) is 10.7. The van der Waals surface area contributed by atoms with Gasteiger partial charge in [0.2, 0.25) is 0 Å². The van der Waals surface area contributed by atoms with Gasteiger partial charge in [-0.15, -0.1) is 0 Å². The Hall–Kier alpha value is -2.44. The van der Waals surface area contributed by atoms with Crippen LogP contribution in [0.3, 0.4) is 0 Å². The first-order chi connectivity index (χ1) is 14.8. The molecule has 2 amide bonds. The number of hydrogen-bond acceptors (Lipinski definition) is 4. The van der Waals surface area contributed by atoms with Crippen LogP contribution in [0.5, 0.6) is 11.5 Å². The average Bonchev–Trinajstić information content (AvgIpc) is 2.99. The summed E-state index contributed by atoms with van der Waals surface area (Å²) in [6, 6.07) is 13.9. The number of carbonyl (C=O) groups excluding carboxylic acids is 2. The van der Waals surface area contributed by atoms with Crippen molar-refractivity contribution in [1.29, 1.82) is 0 Å². The van der Waals surface area contributed by atoms with E-state index in [0.29, 0.717) is 54.1 Å². The molecule has 0 radical (unpaired) electrons. The van der Waals surface area contributed by atoms with Crippen molar-refractivity contribution in [3.63, 3.8) is 0 Å². The minimum atomic E-state index is -0.647. The van der Waals surface area contributed by atoms with E-state index < -0.39 is 12.2 Å². The molecule has 0 aliphatic carbocycles. The summed E-state index contributed by atoms with van der Waals surface area (Å²) in [5.41, 5.74) is 0. The minimum absolute atomic E-state index is 0.113. The number of hydrogen-bond donors (Lipinski definition) is 0. The predicted molar refractivity (Wildman–Crippen MR) is 121 cm³/mol. The number of ether oxygens (including phenoxy) is 2. The van der Waals surface area contributed by atoms with Gasteiger partial charge in [0.25, 0.3) is 11.8 Å². The first kappa shape index (κ1) is 23.2. The number of carbonyl (C=O) groups is 2. The first-order valence-corrected chi connectivity index (χ1v) is 11.0. The zero-order valence-electron chi connectivity index (χ0n) is 17.6. The Balaban J connectivity index is 1.54. The molecule has 0 N–H and O–H groups in total. The summed E-state index contributed by atoms with van der Waals surface area (Å²) in [7, 11) is 0. The molecule has 1 aliphatic rings. The van der Waals surface area contributed by atoms with Crippen LogP contribution < -0.4 is 9.47 Å². The van der Waals surface area contributed by atoms with Crippen molar-refractivity contribution in [3.05, 3.63) is 58.6 Å². The molecule has 1 heterocycles. The van der Waals surface area contributed by atoms with E-state index in [1.165, 1.54) is 0 Å². The van der Waals surface area contributed by atoms with Crippen LogP contribution in [0.1, 0.15) is 20.3 Å². The number of rotatable bonds is 6. The van der Waals surface area contributed by atoms with E-state index in [0.717, 1.165) is 0 Å². The third kappa shape index (κ3) is 6.52. The van der Waals surface area contributed by atoms with E-state index in [9.17, 15) is 9.59 Å². The monoisotopic (exact) mass is 464 g/mol. The van der Waals surface area contributed by atoms with Gasteiger partial charge in [0.15, 0.2) is 12.2 Å². The topological polar surface area (TPSA) is 59.1 Å². The second-order valence-electron chi connectivity index (χ2n) is 7.44. The van der Waals surface area contributed by atoms with Crippen LogP contribution in [-0.4, -0.2) is 60.0 Å². The highest BCUT2D eigenvalue weighted by atomic mass is 35.5. The molecule has 1 aliphatic heterocycles. The molecule has 0 aromatic heterocycles. The predicted octanol–water partition coefficient (Wildman–Crippen LogP) is 4.29. The van der Waals surface area contributed by atoms with Crippen molar-refractivity contribution in [2.24, 2.45) is 0 Å². The maximum absolute atomic E-state index is 12.9. The Labute approximate surface area is 192 Å². The van der Waals surface area contributed by atoms with Crippen LogP contribution in [0.2, 0.25) is 10.0 Å². The van der Waals surface area contributed by atoms with Gasteiger partial charge >= 0.3 is 0 Å². The molecule has 0 spiro atoms. The molecule has 2 aromatic carbocycles. The summed E-state index contributed by atoms with van der Waals surface area (Å²) in [6.07, 6.45) is -0.609. The number of benzene rings is 2. The van der Waals surface area contributed by atoms with Gasteiger partial charge < -0.3 is 19.3 Å². The Morgan fingerprint density at radius 3 is 1.58 bits per heavy atom. The average molecular weight is 465 g/mol. The van der Waals surface area contributed by atoms with E-state index in [1.807, 2.05) is 0 Å². The molecule has 6 nitrogen and oxygen atoms in total. The highest BCUT2D eigenvalue weighted by Crippen LogP contribution is 2.20. The van der Waals surface area contributed by atoms with Gasteiger partial charge in [0.05, 0.1) is 0 Å². The van der Waals surface area contributed by atoms with Crippen LogP contribution in [0.4, 0.5) is 0 Å². The van der Waals surface area contributed by atoms with Gasteiger partial charge in [-0.3, -0.25) is 9.59 Å². The van der Waals surface area contributed by atoms with Crippen molar-refractivity contribution in [3.8, 4) is 11.5 Å². The Morgan fingerprint density at radius 1 is 0.774 bits per heavy atom. The molecule has 2 atom stereocenters. The van der Waals surface area contributed by atoms with Crippen LogP contribution in [-0.2, 0) is 9.59 Å². The number of nitrogens with zero attached hydrogens (tertiary/aromatic N) is 2. The Bertz CT molecular complexity index is 850. The molecule has 1 saturated heterocycles. The lowest BCUT2D eigenvalue weighted by Crippen LogP contribution is -2.45. The van der Waals surface area contributed by atoms with Gasteiger partial charge in [-0.25, -0.2) is 0 Å². The van der Waals surface area contributed by atoms with E-state index >= 15 is 0 Å². The summed E-state index contributed by atoms with van der Waals surface area (Å²) in [6.45, 7) is 5.45. The lowest BCUT2D eigenvalue weighted by molar-refractivity contribution is -0.140. The van der Waals surface area contributed by atoms with Gasteiger partial charge in [-0.05, 0) is 56.7 Å². The van der Waals surface area contributed by atoms with Crippen LogP contribution in [0, 0.1) is 0 Å². The fourth-order valence-electron chi connectivity index (χ4n) is 3.46.